The van der Waals surface area contributed by atoms with E-state index in [9.17, 15) is 9.90 Å². The molecule has 0 spiro atoms. The third kappa shape index (κ3) is 5.31. The Bertz CT molecular complexity index is 1220. The van der Waals surface area contributed by atoms with Crippen LogP contribution in [-0.2, 0) is 11.4 Å². The molecule has 0 aliphatic rings. The molecule has 2 aromatic heterocycles. The van der Waals surface area contributed by atoms with Crippen molar-refractivity contribution < 1.29 is 19.4 Å². The number of methoxy groups -OCH3 is 1. The molecular formula is C25H22N2O4S. The van der Waals surface area contributed by atoms with Gasteiger partial charge in [0.2, 0.25) is 0 Å². The van der Waals surface area contributed by atoms with Gasteiger partial charge in [-0.05, 0) is 60.5 Å². The molecule has 0 amide bonds. The van der Waals surface area contributed by atoms with E-state index in [0.29, 0.717) is 24.5 Å². The second kappa shape index (κ2) is 10.1. The van der Waals surface area contributed by atoms with Gasteiger partial charge in [-0.25, -0.2) is 4.98 Å². The number of carboxylic acid groups (broad SMARTS) is 1. The number of pyridine rings is 1. The van der Waals surface area contributed by atoms with Gasteiger partial charge in [-0.1, -0.05) is 18.2 Å². The van der Waals surface area contributed by atoms with Crippen LogP contribution in [0, 0.1) is 0 Å². The van der Waals surface area contributed by atoms with Crippen molar-refractivity contribution in [2.45, 2.75) is 19.4 Å². The lowest BCUT2D eigenvalue weighted by atomic mass is 10.1. The van der Waals surface area contributed by atoms with Crippen molar-refractivity contribution in [2.24, 2.45) is 0 Å². The predicted octanol–water partition coefficient (Wildman–Crippen LogP) is 5.68. The van der Waals surface area contributed by atoms with Crippen molar-refractivity contribution in [3.63, 3.8) is 0 Å². The molecule has 6 nitrogen and oxygen atoms in total. The lowest BCUT2D eigenvalue weighted by molar-refractivity contribution is -0.136. The lowest BCUT2D eigenvalue weighted by Gasteiger charge is -2.12. The zero-order chi connectivity index (χ0) is 22.3. The third-order valence-electron chi connectivity index (χ3n) is 4.83. The van der Waals surface area contributed by atoms with Crippen LogP contribution in [0.2, 0.25) is 0 Å². The average Bonchev–Trinajstić information content (AvgIpc) is 3.25. The van der Waals surface area contributed by atoms with Crippen molar-refractivity contribution >= 4 is 39.2 Å². The van der Waals surface area contributed by atoms with Crippen LogP contribution in [0.4, 0.5) is 0 Å². The number of nitrogens with zero attached hydrogens (tertiary/aromatic N) is 2. The van der Waals surface area contributed by atoms with Gasteiger partial charge in [0.25, 0.3) is 0 Å². The molecule has 0 saturated heterocycles. The maximum atomic E-state index is 11.3. The van der Waals surface area contributed by atoms with Crippen LogP contribution in [0.1, 0.15) is 29.1 Å². The minimum absolute atomic E-state index is 0.00977. The monoisotopic (exact) mass is 446 g/mol. The largest absolute Gasteiger partial charge is 0.497 e. The molecule has 2 heterocycles. The fraction of sp³-hybridized carbons (Fsp3) is 0.160. The Morgan fingerprint density at radius 3 is 2.69 bits per heavy atom. The number of carboxylic acids is 1. The molecule has 4 rings (SSSR count). The van der Waals surface area contributed by atoms with E-state index in [-0.39, 0.29) is 6.42 Å². The second-order valence-electron chi connectivity index (χ2n) is 7.06. The van der Waals surface area contributed by atoms with Gasteiger partial charge in [0.05, 0.1) is 23.0 Å². The van der Waals surface area contributed by atoms with Crippen molar-refractivity contribution in [1.29, 1.82) is 0 Å². The summed E-state index contributed by atoms with van der Waals surface area (Å²) in [6.45, 7) is 0.319. The van der Waals surface area contributed by atoms with Crippen LogP contribution in [-0.4, -0.2) is 28.2 Å². The number of ether oxygens (including phenoxy) is 2. The highest BCUT2D eigenvalue weighted by molar-refractivity contribution is 7.19. The number of para-hydroxylation sites is 1. The van der Waals surface area contributed by atoms with E-state index < -0.39 is 5.97 Å². The van der Waals surface area contributed by atoms with E-state index >= 15 is 0 Å². The summed E-state index contributed by atoms with van der Waals surface area (Å²) in [5.41, 5.74) is 3.34. The Labute approximate surface area is 189 Å². The Kier molecular flexibility index (Phi) is 6.77. The molecule has 0 atom stereocenters. The Morgan fingerprint density at radius 2 is 1.94 bits per heavy atom. The first-order chi connectivity index (χ1) is 15.6. The molecule has 1 N–H and O–H groups in total. The molecule has 7 heteroatoms. The highest BCUT2D eigenvalue weighted by Gasteiger charge is 2.13. The molecule has 4 aromatic rings. The normalized spacial score (nSPS) is 11.5. The fourth-order valence-corrected chi connectivity index (χ4v) is 4.22. The SMILES string of the molecule is COc1ccc(OCc2ccccn2)c(/C=C(/CCC(=O)O)c2nc3ccccc3s2)c1. The molecular weight excluding hydrogens is 424 g/mol. The second-order valence-corrected chi connectivity index (χ2v) is 8.09. The van der Waals surface area contributed by atoms with Gasteiger partial charge < -0.3 is 14.6 Å². The number of aliphatic carboxylic acids is 1. The maximum Gasteiger partial charge on any atom is 0.303 e. The number of fused-ring (bicyclic) bond motifs is 1. The summed E-state index contributed by atoms with van der Waals surface area (Å²) in [6, 6.07) is 19.1. The quantitative estimate of drug-likeness (QED) is 0.356. The van der Waals surface area contributed by atoms with Crippen molar-refractivity contribution in [3.8, 4) is 11.5 Å². The number of hydrogen-bond donors (Lipinski definition) is 1. The fourth-order valence-electron chi connectivity index (χ4n) is 3.21. The minimum Gasteiger partial charge on any atom is -0.497 e. The smallest absolute Gasteiger partial charge is 0.303 e. The molecule has 0 unspecified atom stereocenters. The number of hydrogen-bond acceptors (Lipinski definition) is 6. The van der Waals surface area contributed by atoms with Gasteiger partial charge in [0, 0.05) is 18.2 Å². The van der Waals surface area contributed by atoms with Gasteiger partial charge in [-0.15, -0.1) is 11.3 Å². The van der Waals surface area contributed by atoms with Crippen LogP contribution in [0.15, 0.2) is 66.9 Å². The van der Waals surface area contributed by atoms with Gasteiger partial charge in [0.1, 0.15) is 23.1 Å². The molecule has 162 valence electrons. The van der Waals surface area contributed by atoms with Crippen molar-refractivity contribution in [1.82, 2.24) is 9.97 Å². The summed E-state index contributed by atoms with van der Waals surface area (Å²) in [4.78, 5) is 20.3. The molecule has 0 aliphatic heterocycles. The van der Waals surface area contributed by atoms with Crippen LogP contribution in [0.25, 0.3) is 21.9 Å². The lowest BCUT2D eigenvalue weighted by Crippen LogP contribution is -2.00. The summed E-state index contributed by atoms with van der Waals surface area (Å²) >= 11 is 1.55. The van der Waals surface area contributed by atoms with Crippen LogP contribution >= 0.6 is 11.3 Å². The maximum absolute atomic E-state index is 11.3. The number of aromatic nitrogens is 2. The van der Waals surface area contributed by atoms with Gasteiger partial charge in [-0.3, -0.25) is 9.78 Å². The van der Waals surface area contributed by atoms with E-state index in [2.05, 4.69) is 4.98 Å². The summed E-state index contributed by atoms with van der Waals surface area (Å²) < 4.78 is 12.5. The van der Waals surface area contributed by atoms with E-state index in [1.54, 1.807) is 24.6 Å². The minimum atomic E-state index is -0.853. The predicted molar refractivity (Wildman–Crippen MR) is 126 cm³/mol. The first kappa shape index (κ1) is 21.5. The van der Waals surface area contributed by atoms with Crippen molar-refractivity contribution in [2.75, 3.05) is 7.11 Å². The van der Waals surface area contributed by atoms with Crippen LogP contribution < -0.4 is 9.47 Å². The molecule has 0 saturated carbocycles. The molecule has 32 heavy (non-hydrogen) atoms. The van der Waals surface area contributed by atoms with Crippen molar-refractivity contribution in [3.05, 3.63) is 83.1 Å². The van der Waals surface area contributed by atoms with E-state index in [1.165, 1.54) is 0 Å². The molecule has 0 aliphatic carbocycles. The van der Waals surface area contributed by atoms with Gasteiger partial charge in [0.15, 0.2) is 0 Å². The standard InChI is InChI=1S/C25H22N2O4S/c1-30-20-10-11-22(31-16-19-6-4-5-13-26-19)18(15-20)14-17(9-12-24(28)29)25-27-21-7-2-3-8-23(21)32-25/h2-8,10-11,13-15H,9,12,16H2,1H3,(H,28,29)/b17-14-. The highest BCUT2D eigenvalue weighted by Crippen LogP contribution is 2.34. The summed E-state index contributed by atoms with van der Waals surface area (Å²) in [7, 11) is 1.61. The Morgan fingerprint density at radius 1 is 1.09 bits per heavy atom. The molecule has 0 bridgehead atoms. The highest BCUT2D eigenvalue weighted by atomic mass is 32.1. The first-order valence-corrected chi connectivity index (χ1v) is 10.9. The third-order valence-corrected chi connectivity index (χ3v) is 5.94. The summed E-state index contributed by atoms with van der Waals surface area (Å²) in [5, 5.41) is 10.1. The van der Waals surface area contributed by atoms with E-state index in [1.807, 2.05) is 66.7 Å². The molecule has 0 radical (unpaired) electrons. The molecule has 2 aromatic carbocycles. The zero-order valence-electron chi connectivity index (χ0n) is 17.5. The average molecular weight is 447 g/mol. The summed E-state index contributed by atoms with van der Waals surface area (Å²) in [5.74, 6) is 0.489. The van der Waals surface area contributed by atoms with E-state index in [0.717, 1.165) is 32.1 Å². The topological polar surface area (TPSA) is 81.5 Å². The van der Waals surface area contributed by atoms with Gasteiger partial charge in [-0.2, -0.15) is 0 Å². The summed E-state index contributed by atoms with van der Waals surface area (Å²) in [6.07, 6.45) is 4.03. The first-order valence-electron chi connectivity index (χ1n) is 10.1. The van der Waals surface area contributed by atoms with E-state index in [4.69, 9.17) is 14.5 Å². The van der Waals surface area contributed by atoms with Crippen LogP contribution in [0.3, 0.4) is 0 Å². The Balaban J connectivity index is 1.72. The van der Waals surface area contributed by atoms with Crippen LogP contribution in [0.5, 0.6) is 11.5 Å². The number of thiazole rings is 1. The number of benzene rings is 2. The van der Waals surface area contributed by atoms with Gasteiger partial charge >= 0.3 is 5.97 Å². The zero-order valence-corrected chi connectivity index (χ0v) is 18.3. The number of carbonyl (C=O) groups is 1. The molecule has 0 fully saturated rings. The Hall–Kier alpha value is -3.71. The number of rotatable bonds is 9. The number of allylic oxidation sites excluding steroid dienone is 1.